The number of carbonyl (C=O) groups is 1. The molecule has 0 radical (unpaired) electrons. The largest absolute Gasteiger partial charge is 0.493 e. The van der Waals surface area contributed by atoms with Gasteiger partial charge in [-0.15, -0.1) is 4.68 Å². The number of carbonyl (C=O) groups excluding carboxylic acids is 1. The predicted octanol–water partition coefficient (Wildman–Crippen LogP) is 2.11. The van der Waals surface area contributed by atoms with E-state index in [4.69, 9.17) is 9.47 Å². The Bertz CT molecular complexity index is 1180. The number of para-hydroxylation sites is 1. The van der Waals surface area contributed by atoms with Crippen LogP contribution in [-0.4, -0.2) is 29.0 Å². The molecule has 0 bridgehead atoms. The molecule has 27 heavy (non-hydrogen) atoms. The molecule has 0 aliphatic rings. The number of halogens is 1. The molecule has 1 heterocycles. The van der Waals surface area contributed by atoms with Crippen LogP contribution in [0.15, 0.2) is 51.1 Å². The molecule has 0 atom stereocenters. The lowest BCUT2D eigenvalue weighted by molar-refractivity contribution is -0.132. The summed E-state index contributed by atoms with van der Waals surface area (Å²) in [5.41, 5.74) is -0.163. The van der Waals surface area contributed by atoms with E-state index in [-0.39, 0.29) is 0 Å². The van der Waals surface area contributed by atoms with Crippen molar-refractivity contribution in [3.8, 4) is 11.5 Å². The first kappa shape index (κ1) is 18.8. The van der Waals surface area contributed by atoms with Crippen LogP contribution < -0.4 is 20.7 Å². The Kier molecular flexibility index (Phi) is 5.40. The van der Waals surface area contributed by atoms with Gasteiger partial charge >= 0.3 is 11.7 Å². The van der Waals surface area contributed by atoms with Gasteiger partial charge in [0.2, 0.25) is 0 Å². The van der Waals surface area contributed by atoms with Gasteiger partial charge in [-0.3, -0.25) is 9.59 Å². The minimum absolute atomic E-state index is 0.295. The van der Waals surface area contributed by atoms with Gasteiger partial charge < -0.3 is 14.5 Å². The van der Waals surface area contributed by atoms with E-state index in [2.05, 4.69) is 10.1 Å². The summed E-state index contributed by atoms with van der Waals surface area (Å²) in [5, 5.41) is 4.35. The molecule has 3 aromatic rings. The van der Waals surface area contributed by atoms with Crippen LogP contribution in [0.25, 0.3) is 10.9 Å². The number of nitrogens with one attached hydrogen (secondary N) is 1. The van der Waals surface area contributed by atoms with Gasteiger partial charge in [0.15, 0.2) is 11.5 Å². The van der Waals surface area contributed by atoms with Crippen LogP contribution in [0.1, 0.15) is 12.5 Å². The third kappa shape index (κ3) is 3.92. The van der Waals surface area contributed by atoms with Gasteiger partial charge in [0.05, 0.1) is 27.8 Å². The van der Waals surface area contributed by atoms with Crippen molar-refractivity contribution in [1.29, 1.82) is 0 Å². The highest BCUT2D eigenvalue weighted by atomic mass is 127. The van der Waals surface area contributed by atoms with Crippen molar-refractivity contribution >= 4 is 45.7 Å². The van der Waals surface area contributed by atoms with Crippen molar-refractivity contribution in [2.24, 2.45) is 5.10 Å². The molecular weight excluding hydrogens is 465 g/mol. The van der Waals surface area contributed by atoms with Crippen LogP contribution in [-0.2, 0) is 4.79 Å². The standard InChI is InChI=1S/C18H14IN3O5/c1-10(23)27-16-13(19)7-11(8-15(16)26-2)9-20-22-17(24)12-5-3-4-6-14(12)21-18(22)25/h3-9H,1-2H3,(H,21,25). The molecule has 0 fully saturated rings. The first-order valence-corrected chi connectivity index (χ1v) is 8.83. The summed E-state index contributed by atoms with van der Waals surface area (Å²) in [7, 11) is 1.44. The van der Waals surface area contributed by atoms with Gasteiger partial charge in [0.1, 0.15) is 0 Å². The van der Waals surface area contributed by atoms with Crippen LogP contribution >= 0.6 is 22.6 Å². The van der Waals surface area contributed by atoms with E-state index in [0.29, 0.717) is 31.5 Å². The predicted molar refractivity (Wildman–Crippen MR) is 109 cm³/mol. The summed E-state index contributed by atoms with van der Waals surface area (Å²) >= 11 is 1.99. The number of aromatic nitrogens is 2. The lowest BCUT2D eigenvalue weighted by Gasteiger charge is -2.10. The number of esters is 1. The average Bonchev–Trinajstić information content (AvgIpc) is 2.63. The molecule has 1 N–H and O–H groups in total. The van der Waals surface area contributed by atoms with Crippen LogP contribution in [0, 0.1) is 3.57 Å². The molecule has 8 nitrogen and oxygen atoms in total. The van der Waals surface area contributed by atoms with E-state index >= 15 is 0 Å². The van der Waals surface area contributed by atoms with E-state index in [1.54, 1.807) is 36.4 Å². The molecule has 0 aliphatic carbocycles. The minimum Gasteiger partial charge on any atom is -0.493 e. The highest BCUT2D eigenvalue weighted by Gasteiger charge is 2.13. The van der Waals surface area contributed by atoms with Crippen LogP contribution in [0.4, 0.5) is 0 Å². The van der Waals surface area contributed by atoms with Gasteiger partial charge in [-0.25, -0.2) is 4.79 Å². The van der Waals surface area contributed by atoms with Crippen LogP contribution in [0.3, 0.4) is 0 Å². The number of nitrogens with zero attached hydrogens (tertiary/aromatic N) is 2. The highest BCUT2D eigenvalue weighted by Crippen LogP contribution is 2.33. The third-order valence-corrected chi connectivity index (χ3v) is 4.40. The van der Waals surface area contributed by atoms with Crippen molar-refractivity contribution in [3.05, 3.63) is 66.4 Å². The van der Waals surface area contributed by atoms with Crippen molar-refractivity contribution in [1.82, 2.24) is 9.66 Å². The molecule has 0 aliphatic heterocycles. The molecule has 1 aromatic heterocycles. The number of rotatable bonds is 4. The number of methoxy groups -OCH3 is 1. The third-order valence-electron chi connectivity index (χ3n) is 3.60. The molecule has 3 rings (SSSR count). The number of hydrogen-bond acceptors (Lipinski definition) is 6. The normalized spacial score (nSPS) is 11.1. The number of H-pyrrole nitrogens is 1. The van der Waals surface area contributed by atoms with Crippen molar-refractivity contribution in [2.45, 2.75) is 6.92 Å². The zero-order chi connectivity index (χ0) is 19.6. The fourth-order valence-electron chi connectivity index (χ4n) is 2.44. The summed E-state index contributed by atoms with van der Waals surface area (Å²) in [4.78, 5) is 38.5. The lowest BCUT2D eigenvalue weighted by Crippen LogP contribution is -2.32. The zero-order valence-electron chi connectivity index (χ0n) is 14.4. The second-order valence-corrected chi connectivity index (χ2v) is 6.63. The molecule has 2 aromatic carbocycles. The van der Waals surface area contributed by atoms with Crippen molar-refractivity contribution < 1.29 is 14.3 Å². The summed E-state index contributed by atoms with van der Waals surface area (Å²) in [6.45, 7) is 1.29. The number of benzene rings is 2. The Morgan fingerprint density at radius 1 is 1.26 bits per heavy atom. The molecule has 138 valence electrons. The molecule has 0 spiro atoms. The zero-order valence-corrected chi connectivity index (χ0v) is 16.5. The van der Waals surface area contributed by atoms with Gasteiger partial charge in [0, 0.05) is 6.92 Å². The van der Waals surface area contributed by atoms with E-state index in [9.17, 15) is 14.4 Å². The Morgan fingerprint density at radius 3 is 2.70 bits per heavy atom. The monoisotopic (exact) mass is 479 g/mol. The second kappa shape index (κ2) is 7.74. The summed E-state index contributed by atoms with van der Waals surface area (Å²) in [6.07, 6.45) is 1.35. The first-order valence-electron chi connectivity index (χ1n) is 7.75. The lowest BCUT2D eigenvalue weighted by atomic mass is 10.2. The maximum Gasteiger partial charge on any atom is 0.349 e. The maximum atomic E-state index is 12.5. The highest BCUT2D eigenvalue weighted by molar-refractivity contribution is 14.1. The molecule has 9 heteroatoms. The smallest absolute Gasteiger partial charge is 0.349 e. The van der Waals surface area contributed by atoms with Gasteiger partial charge in [-0.05, 0) is 52.4 Å². The SMILES string of the molecule is COc1cc(C=Nn2c(=O)[nH]c3ccccc3c2=O)cc(I)c1OC(C)=O. The molecular formula is C18H14IN3O5. The topological polar surface area (TPSA) is 103 Å². The van der Waals surface area contributed by atoms with E-state index < -0.39 is 17.2 Å². The Balaban J connectivity index is 2.05. The van der Waals surface area contributed by atoms with E-state index in [1.165, 1.54) is 20.2 Å². The molecule has 0 amide bonds. The second-order valence-electron chi connectivity index (χ2n) is 5.47. The van der Waals surface area contributed by atoms with Gasteiger partial charge in [-0.1, -0.05) is 12.1 Å². The number of hydrogen-bond donors (Lipinski definition) is 1. The molecule has 0 saturated heterocycles. The first-order chi connectivity index (χ1) is 12.9. The summed E-state index contributed by atoms with van der Waals surface area (Å²) < 4.78 is 11.8. The Hall–Kier alpha value is -2.95. The van der Waals surface area contributed by atoms with Gasteiger partial charge in [-0.2, -0.15) is 5.10 Å². The Labute approximate surface area is 166 Å². The van der Waals surface area contributed by atoms with Crippen LogP contribution in [0.5, 0.6) is 11.5 Å². The quantitative estimate of drug-likeness (QED) is 0.267. The average molecular weight is 479 g/mol. The molecule has 0 unspecified atom stereocenters. The summed E-state index contributed by atoms with van der Waals surface area (Å²) in [6, 6.07) is 9.96. The van der Waals surface area contributed by atoms with Gasteiger partial charge in [0.25, 0.3) is 5.56 Å². The van der Waals surface area contributed by atoms with Crippen molar-refractivity contribution in [3.63, 3.8) is 0 Å². The fourth-order valence-corrected chi connectivity index (χ4v) is 3.17. The maximum absolute atomic E-state index is 12.5. The molecule has 0 saturated carbocycles. The minimum atomic E-state index is -0.645. The number of aromatic amines is 1. The van der Waals surface area contributed by atoms with Crippen molar-refractivity contribution in [2.75, 3.05) is 7.11 Å². The fraction of sp³-hybridized carbons (Fsp3) is 0.111. The van der Waals surface area contributed by atoms with E-state index in [1.807, 2.05) is 22.6 Å². The Morgan fingerprint density at radius 2 is 2.00 bits per heavy atom. The van der Waals surface area contributed by atoms with Crippen LogP contribution in [0.2, 0.25) is 0 Å². The summed E-state index contributed by atoms with van der Waals surface area (Å²) in [5.74, 6) is 0.156. The number of fused-ring (bicyclic) bond motifs is 1. The number of ether oxygens (including phenoxy) is 2. The van der Waals surface area contributed by atoms with E-state index in [0.717, 1.165) is 4.68 Å².